The van der Waals surface area contributed by atoms with Crippen molar-refractivity contribution in [1.29, 1.82) is 0 Å². The van der Waals surface area contributed by atoms with Crippen LogP contribution in [0.25, 0.3) is 102 Å². The monoisotopic (exact) mass is 941 g/mol. The van der Waals surface area contributed by atoms with Crippen molar-refractivity contribution < 1.29 is 133 Å². The standard InChI is InChI=1S/C38H21N9O11S3.3Na/c48-47(49)19-4-1-17(2-5-19)18-3-9-23-27(13-18)35-39-31(23)41-36-29-15-21(60(53,54)55)7-11-25(29)33(43-36)45-38-30-16-22(61(56,57)58)8-12-26(30)34(46-38)44-37-28-14-20(59(50,51)52)6-10-24(28)32(40-35)42-37;;;/h1-16H,(H,50,51,52)(H,53,54,55)(H,56,57,58)(H2,39,40,41,42,43,44,45,46);;;/q;3*+1/p-3. The van der Waals surface area contributed by atoms with Gasteiger partial charge in [-0.2, -0.15) is 0 Å². The summed E-state index contributed by atoms with van der Waals surface area (Å²) in [6.07, 6.45) is 0. The molecular formula is C38H18N9Na3O11S3. The van der Waals surface area contributed by atoms with Gasteiger partial charge in [-0.15, -0.1) is 0 Å². The summed E-state index contributed by atoms with van der Waals surface area (Å²) in [5, 5.41) is 12.3. The Morgan fingerprint density at radius 3 is 1.34 bits per heavy atom. The molecule has 0 amide bonds. The minimum Gasteiger partial charge on any atom is -0.744 e. The molecule has 0 aliphatic carbocycles. The van der Waals surface area contributed by atoms with Crippen LogP contribution >= 0.6 is 0 Å². The molecule has 3 aliphatic heterocycles. The van der Waals surface area contributed by atoms with Crippen molar-refractivity contribution in [2.24, 2.45) is 0 Å². The van der Waals surface area contributed by atoms with E-state index < -0.39 is 50.0 Å². The minimum absolute atomic E-state index is 0. The minimum atomic E-state index is -4.99. The van der Waals surface area contributed by atoms with Crippen molar-refractivity contribution in [3.63, 3.8) is 0 Å². The van der Waals surface area contributed by atoms with Gasteiger partial charge in [0.2, 0.25) is 0 Å². The molecule has 26 heteroatoms. The molecule has 5 aromatic carbocycles. The molecule has 10 rings (SSSR count). The van der Waals surface area contributed by atoms with Crippen molar-refractivity contribution in [1.82, 2.24) is 39.9 Å². The van der Waals surface area contributed by atoms with Crippen LogP contribution in [0.1, 0.15) is 0 Å². The van der Waals surface area contributed by atoms with E-state index in [9.17, 15) is 49.0 Å². The van der Waals surface area contributed by atoms with Crippen LogP contribution in [-0.4, -0.2) is 83.7 Å². The first-order valence-electron chi connectivity index (χ1n) is 17.4. The molecule has 0 radical (unpaired) electrons. The van der Waals surface area contributed by atoms with Crippen LogP contribution in [0.3, 0.4) is 0 Å². The van der Waals surface area contributed by atoms with E-state index in [-0.39, 0.29) is 168 Å². The Morgan fingerprint density at radius 1 is 0.438 bits per heavy atom. The van der Waals surface area contributed by atoms with Gasteiger partial charge in [0.05, 0.1) is 19.6 Å². The van der Waals surface area contributed by atoms with E-state index in [0.717, 1.165) is 36.4 Å². The van der Waals surface area contributed by atoms with E-state index in [4.69, 9.17) is 4.98 Å². The van der Waals surface area contributed by atoms with E-state index in [1.807, 2.05) is 0 Å². The number of rotatable bonds is 5. The fourth-order valence-electron chi connectivity index (χ4n) is 7.15. The molecule has 0 atom stereocenters. The van der Waals surface area contributed by atoms with E-state index in [0.29, 0.717) is 27.5 Å². The fraction of sp³-hybridized carbons (Fsp3) is 0. The summed E-state index contributed by atoms with van der Waals surface area (Å²) < 4.78 is 109. The number of non-ortho nitro benzene ring substituents is 1. The van der Waals surface area contributed by atoms with Gasteiger partial charge < -0.3 is 23.6 Å². The Kier molecular flexibility index (Phi) is 12.7. The molecule has 8 bridgehead atoms. The van der Waals surface area contributed by atoms with Crippen LogP contribution in [-0.2, 0) is 30.4 Å². The molecule has 2 aromatic heterocycles. The number of hydrogen-bond donors (Lipinski definition) is 2. The number of aromatic nitrogens is 8. The van der Waals surface area contributed by atoms with Crippen molar-refractivity contribution in [3.05, 3.63) is 107 Å². The summed E-state index contributed by atoms with van der Waals surface area (Å²) >= 11 is 0. The molecule has 0 saturated carbocycles. The second kappa shape index (κ2) is 17.1. The maximum absolute atomic E-state index is 12.2. The molecular weight excluding hydrogens is 924 g/mol. The van der Waals surface area contributed by atoms with Crippen LogP contribution < -0.4 is 88.7 Å². The topological polar surface area (TPSA) is 324 Å². The van der Waals surface area contributed by atoms with Gasteiger partial charge in [0, 0.05) is 56.3 Å². The average molecular weight is 942 g/mol. The third-order valence-electron chi connectivity index (χ3n) is 10.0. The van der Waals surface area contributed by atoms with Gasteiger partial charge in [-0.1, -0.05) is 6.07 Å². The van der Waals surface area contributed by atoms with E-state index in [1.54, 1.807) is 30.3 Å². The van der Waals surface area contributed by atoms with Crippen LogP contribution in [0, 0.1) is 10.1 Å². The number of aromatic amines is 2. The number of nitrogens with zero attached hydrogens (tertiary/aromatic N) is 7. The first-order valence-corrected chi connectivity index (χ1v) is 21.6. The largest absolute Gasteiger partial charge is 1.00 e. The summed E-state index contributed by atoms with van der Waals surface area (Å²) in [4.78, 5) is 43.2. The molecule has 64 heavy (non-hydrogen) atoms. The van der Waals surface area contributed by atoms with Crippen LogP contribution in [0.4, 0.5) is 5.69 Å². The van der Waals surface area contributed by atoms with E-state index >= 15 is 0 Å². The smallest absolute Gasteiger partial charge is 0.744 e. The molecule has 0 saturated heterocycles. The number of fused-ring (bicyclic) bond motifs is 20. The molecule has 5 heterocycles. The summed E-state index contributed by atoms with van der Waals surface area (Å²) in [5.41, 5.74) is 2.44. The van der Waals surface area contributed by atoms with Crippen molar-refractivity contribution >= 4 is 58.1 Å². The Bertz CT molecular complexity index is 3740. The van der Waals surface area contributed by atoms with E-state index in [1.165, 1.54) is 30.3 Å². The predicted octanol–water partition coefficient (Wildman–Crippen LogP) is -3.93. The molecule has 0 spiro atoms. The molecule has 0 fully saturated rings. The molecule has 7 aromatic rings. The van der Waals surface area contributed by atoms with Gasteiger partial charge in [-0.25, -0.2) is 55.2 Å². The van der Waals surface area contributed by atoms with Gasteiger partial charge in [-0.3, -0.25) is 10.1 Å². The number of nitrogens with one attached hydrogen (secondary N) is 2. The maximum atomic E-state index is 12.2. The fourth-order valence-corrected chi connectivity index (χ4v) is 8.65. The Balaban J connectivity index is 0.00000204. The summed E-state index contributed by atoms with van der Waals surface area (Å²) in [5.74, 6) is -0.527. The van der Waals surface area contributed by atoms with Gasteiger partial charge in [0.25, 0.3) is 5.69 Å². The molecule has 0 unspecified atom stereocenters. The summed E-state index contributed by atoms with van der Waals surface area (Å²) in [7, 11) is -14.9. The van der Waals surface area contributed by atoms with Crippen LogP contribution in [0.5, 0.6) is 0 Å². The first-order chi connectivity index (χ1) is 28.9. The second-order valence-corrected chi connectivity index (χ2v) is 17.8. The van der Waals surface area contributed by atoms with Crippen LogP contribution in [0.2, 0.25) is 0 Å². The summed E-state index contributed by atoms with van der Waals surface area (Å²) in [6, 6.07) is 21.4. The normalized spacial score (nSPS) is 12.1. The molecule has 2 N–H and O–H groups in total. The van der Waals surface area contributed by atoms with Crippen molar-refractivity contribution in [2.75, 3.05) is 0 Å². The number of H-pyrrole nitrogens is 2. The Labute approximate surface area is 427 Å². The summed E-state index contributed by atoms with van der Waals surface area (Å²) in [6.45, 7) is 0. The van der Waals surface area contributed by atoms with Gasteiger partial charge in [-0.05, 0) is 90.0 Å². The Morgan fingerprint density at radius 2 is 0.859 bits per heavy atom. The quantitative estimate of drug-likeness (QED) is 0.0720. The predicted molar refractivity (Wildman–Crippen MR) is 210 cm³/mol. The zero-order valence-corrected chi connectivity index (χ0v) is 41.5. The number of hydrogen-bond acceptors (Lipinski definition) is 17. The van der Waals surface area contributed by atoms with Gasteiger partial charge >= 0.3 is 88.7 Å². The molecule has 3 aliphatic rings. The number of nitro benzene ring substituents is 1. The van der Waals surface area contributed by atoms with Crippen LogP contribution in [0.15, 0.2) is 112 Å². The van der Waals surface area contributed by atoms with Gasteiger partial charge in [0.1, 0.15) is 47.5 Å². The molecule has 20 nitrogen and oxygen atoms in total. The van der Waals surface area contributed by atoms with E-state index in [2.05, 4.69) is 34.9 Å². The van der Waals surface area contributed by atoms with Gasteiger partial charge in [0.15, 0.2) is 29.1 Å². The average Bonchev–Trinajstić information content (AvgIpc) is 3.94. The Hall–Kier alpha value is -4.41. The van der Waals surface area contributed by atoms with Crippen molar-refractivity contribution in [2.45, 2.75) is 14.7 Å². The second-order valence-electron chi connectivity index (χ2n) is 13.7. The third-order valence-corrected chi connectivity index (χ3v) is 12.5. The SMILES string of the molecule is O=[N+]([O-])c1ccc(-c2ccc3c4nc5nc(nc6nc(nc7nc([nH]c([nH]4)c3c2)-c2ccc(S(=O)(=O)[O-])cc2-7)-c2ccc(S(=O)(=O)[O-])cc2-6)-c2ccc(S(=O)(=O)[O-])cc2-5)cc1.[Na+].[Na+].[Na+]. The number of nitro groups is 1. The first kappa shape index (κ1) is 47.5. The zero-order chi connectivity index (χ0) is 42.7. The van der Waals surface area contributed by atoms with Crippen molar-refractivity contribution in [3.8, 4) is 79.5 Å². The molecule has 302 valence electrons. The third kappa shape index (κ3) is 8.47. The maximum Gasteiger partial charge on any atom is 1.00 e. The number of benzene rings is 5. The zero-order valence-electron chi connectivity index (χ0n) is 33.1.